The van der Waals surface area contributed by atoms with Gasteiger partial charge in [-0.25, -0.2) is 14.4 Å². The summed E-state index contributed by atoms with van der Waals surface area (Å²) in [7, 11) is 0. The van der Waals surface area contributed by atoms with E-state index < -0.39 is 0 Å². The summed E-state index contributed by atoms with van der Waals surface area (Å²) in [6, 6.07) is 8.39. The lowest BCUT2D eigenvalue weighted by Gasteiger charge is -2.23. The molecule has 7 nitrogen and oxygen atoms in total. The molecular weight excluding hydrogens is 359 g/mol. The molecule has 1 aliphatic rings. The van der Waals surface area contributed by atoms with E-state index in [1.165, 1.54) is 12.1 Å². The number of nitrogens with one attached hydrogen (secondary N) is 2. The number of imidazole rings is 1. The summed E-state index contributed by atoms with van der Waals surface area (Å²) in [5, 5.41) is 6.78. The molecule has 0 amide bonds. The van der Waals surface area contributed by atoms with E-state index in [0.29, 0.717) is 23.5 Å². The number of oxazole rings is 1. The molecular formula is C20H19FN6O. The van der Waals surface area contributed by atoms with Crippen molar-refractivity contribution in [1.29, 1.82) is 0 Å². The number of aromatic nitrogens is 4. The maximum absolute atomic E-state index is 13.4. The minimum Gasteiger partial charge on any atom is -0.432 e. The van der Waals surface area contributed by atoms with Crippen LogP contribution < -0.4 is 10.6 Å². The second-order valence-electron chi connectivity index (χ2n) is 6.82. The molecule has 4 aromatic rings. The van der Waals surface area contributed by atoms with Gasteiger partial charge in [-0.15, -0.1) is 0 Å². The van der Waals surface area contributed by atoms with Gasteiger partial charge in [-0.05, 0) is 49.7 Å². The SMILES string of the molecule is Fc1ccc(-c2nc3occn3c2-c2ccnc(N[C@@H]3CCCNC3)n2)cc1. The Kier molecular flexibility index (Phi) is 4.25. The first-order valence-corrected chi connectivity index (χ1v) is 9.30. The maximum Gasteiger partial charge on any atom is 0.306 e. The Bertz CT molecular complexity index is 1100. The Morgan fingerprint density at radius 3 is 2.89 bits per heavy atom. The molecule has 0 spiro atoms. The highest BCUT2D eigenvalue weighted by atomic mass is 19.1. The Morgan fingerprint density at radius 1 is 1.18 bits per heavy atom. The van der Waals surface area contributed by atoms with E-state index in [1.54, 1.807) is 30.8 Å². The summed E-state index contributed by atoms with van der Waals surface area (Å²) >= 11 is 0. The summed E-state index contributed by atoms with van der Waals surface area (Å²) in [4.78, 5) is 13.7. The Morgan fingerprint density at radius 2 is 2.07 bits per heavy atom. The van der Waals surface area contributed by atoms with Gasteiger partial charge in [-0.3, -0.25) is 4.40 Å². The summed E-state index contributed by atoms with van der Waals surface area (Å²) in [5.41, 5.74) is 2.97. The highest BCUT2D eigenvalue weighted by molar-refractivity contribution is 5.79. The molecule has 3 aromatic heterocycles. The lowest BCUT2D eigenvalue weighted by Crippen LogP contribution is -2.38. The number of benzene rings is 1. The van der Waals surface area contributed by atoms with Crippen molar-refractivity contribution in [2.24, 2.45) is 0 Å². The van der Waals surface area contributed by atoms with Crippen molar-refractivity contribution < 1.29 is 8.81 Å². The largest absolute Gasteiger partial charge is 0.432 e. The van der Waals surface area contributed by atoms with E-state index in [-0.39, 0.29) is 5.82 Å². The van der Waals surface area contributed by atoms with Crippen LogP contribution in [-0.2, 0) is 0 Å². The summed E-state index contributed by atoms with van der Waals surface area (Å²) < 4.78 is 20.7. The highest BCUT2D eigenvalue weighted by Crippen LogP contribution is 2.32. The van der Waals surface area contributed by atoms with Gasteiger partial charge < -0.3 is 15.1 Å². The molecule has 0 aliphatic carbocycles. The number of hydrogen-bond acceptors (Lipinski definition) is 6. The fourth-order valence-electron chi connectivity index (χ4n) is 3.56. The van der Waals surface area contributed by atoms with Crippen molar-refractivity contribution in [2.75, 3.05) is 18.4 Å². The van der Waals surface area contributed by atoms with Gasteiger partial charge in [0, 0.05) is 30.5 Å². The third-order valence-electron chi connectivity index (χ3n) is 4.91. The van der Waals surface area contributed by atoms with Gasteiger partial charge >= 0.3 is 5.84 Å². The van der Waals surface area contributed by atoms with E-state index in [2.05, 4.69) is 20.6 Å². The van der Waals surface area contributed by atoms with E-state index >= 15 is 0 Å². The van der Waals surface area contributed by atoms with Crippen LogP contribution in [0.4, 0.5) is 10.3 Å². The molecule has 1 aliphatic heterocycles. The number of nitrogens with zero attached hydrogens (tertiary/aromatic N) is 4. The van der Waals surface area contributed by atoms with Crippen LogP contribution in [0.3, 0.4) is 0 Å². The van der Waals surface area contributed by atoms with Crippen LogP contribution in [0.25, 0.3) is 28.5 Å². The maximum atomic E-state index is 13.4. The van der Waals surface area contributed by atoms with Gasteiger partial charge in [0.2, 0.25) is 5.95 Å². The van der Waals surface area contributed by atoms with E-state index in [1.807, 2.05) is 10.5 Å². The van der Waals surface area contributed by atoms with Crippen molar-refractivity contribution in [2.45, 2.75) is 18.9 Å². The van der Waals surface area contributed by atoms with Gasteiger partial charge in [-0.2, -0.15) is 4.98 Å². The van der Waals surface area contributed by atoms with E-state index in [9.17, 15) is 4.39 Å². The van der Waals surface area contributed by atoms with Crippen LogP contribution in [0.15, 0.2) is 53.4 Å². The number of anilines is 1. The minimum absolute atomic E-state index is 0.289. The predicted octanol–water partition coefficient (Wildman–Crippen LogP) is 3.35. The fraction of sp³-hybridized carbons (Fsp3) is 0.250. The fourth-order valence-corrected chi connectivity index (χ4v) is 3.56. The smallest absolute Gasteiger partial charge is 0.306 e. The molecule has 4 heterocycles. The molecule has 28 heavy (non-hydrogen) atoms. The van der Waals surface area contributed by atoms with Crippen molar-refractivity contribution >= 4 is 11.8 Å². The van der Waals surface area contributed by atoms with Crippen molar-refractivity contribution in [3.8, 4) is 22.6 Å². The average molecular weight is 378 g/mol. The zero-order chi connectivity index (χ0) is 18.9. The van der Waals surface area contributed by atoms with Crippen LogP contribution in [0.5, 0.6) is 0 Å². The Labute approximate surface area is 160 Å². The van der Waals surface area contributed by atoms with Crippen LogP contribution in [0, 0.1) is 5.82 Å². The van der Waals surface area contributed by atoms with E-state index in [4.69, 9.17) is 9.40 Å². The van der Waals surface area contributed by atoms with Crippen LogP contribution in [0.1, 0.15) is 12.8 Å². The van der Waals surface area contributed by atoms with E-state index in [0.717, 1.165) is 42.9 Å². The summed E-state index contributed by atoms with van der Waals surface area (Å²) in [5.74, 6) is 0.747. The second kappa shape index (κ2) is 7.05. The first kappa shape index (κ1) is 16.9. The minimum atomic E-state index is -0.289. The molecule has 142 valence electrons. The summed E-state index contributed by atoms with van der Waals surface area (Å²) in [6.45, 7) is 1.95. The number of rotatable bonds is 4. The predicted molar refractivity (Wildman–Crippen MR) is 103 cm³/mol. The lowest BCUT2D eigenvalue weighted by molar-refractivity contribution is 0.478. The monoisotopic (exact) mass is 378 g/mol. The third-order valence-corrected chi connectivity index (χ3v) is 4.91. The standard InChI is InChI=1S/C20H19FN6O/c21-14-5-3-13(4-6-14)17-18(27-10-11-28-20(27)26-17)16-7-9-23-19(25-16)24-15-2-1-8-22-12-15/h3-7,9-11,15,22H,1-2,8,12H2,(H,23,24,25)/t15-/m1/s1. The first-order valence-electron chi connectivity index (χ1n) is 9.30. The van der Waals surface area contributed by atoms with Gasteiger partial charge in [0.05, 0.1) is 5.69 Å². The van der Waals surface area contributed by atoms with Crippen molar-refractivity contribution in [1.82, 2.24) is 24.7 Å². The third kappa shape index (κ3) is 3.11. The molecule has 1 fully saturated rings. The molecule has 0 saturated carbocycles. The molecule has 8 heteroatoms. The number of piperidine rings is 1. The average Bonchev–Trinajstić information content (AvgIpc) is 3.31. The molecule has 0 bridgehead atoms. The highest BCUT2D eigenvalue weighted by Gasteiger charge is 2.20. The Hall–Kier alpha value is -3.26. The summed E-state index contributed by atoms with van der Waals surface area (Å²) in [6.07, 6.45) is 7.32. The molecule has 1 saturated heterocycles. The van der Waals surface area contributed by atoms with Crippen LogP contribution in [-0.4, -0.2) is 38.5 Å². The second-order valence-corrected chi connectivity index (χ2v) is 6.82. The van der Waals surface area contributed by atoms with Gasteiger partial charge in [-0.1, -0.05) is 0 Å². The van der Waals surface area contributed by atoms with Crippen molar-refractivity contribution in [3.05, 3.63) is 54.8 Å². The quantitative estimate of drug-likeness (QED) is 0.567. The number of halogens is 1. The molecule has 0 radical (unpaired) electrons. The van der Waals surface area contributed by atoms with Crippen molar-refractivity contribution in [3.63, 3.8) is 0 Å². The first-order chi connectivity index (χ1) is 13.8. The molecule has 1 atom stereocenters. The van der Waals surface area contributed by atoms with Gasteiger partial charge in [0.1, 0.15) is 23.5 Å². The topological polar surface area (TPSA) is 80.3 Å². The molecule has 5 rings (SSSR count). The molecule has 1 aromatic carbocycles. The molecule has 2 N–H and O–H groups in total. The normalized spacial score (nSPS) is 17.1. The van der Waals surface area contributed by atoms with Gasteiger partial charge in [0.25, 0.3) is 0 Å². The zero-order valence-electron chi connectivity index (χ0n) is 15.1. The lowest BCUT2D eigenvalue weighted by atomic mass is 10.1. The van der Waals surface area contributed by atoms with Crippen LogP contribution >= 0.6 is 0 Å². The number of hydrogen-bond donors (Lipinski definition) is 2. The van der Waals surface area contributed by atoms with Gasteiger partial charge in [0.15, 0.2) is 0 Å². The number of fused-ring (bicyclic) bond motifs is 1. The molecule has 0 unspecified atom stereocenters. The Balaban J connectivity index is 1.57. The van der Waals surface area contributed by atoms with Crippen LogP contribution in [0.2, 0.25) is 0 Å². The zero-order valence-corrected chi connectivity index (χ0v) is 15.1.